The lowest BCUT2D eigenvalue weighted by Gasteiger charge is -1.98. The number of rotatable bonds is 1. The van der Waals surface area contributed by atoms with Crippen LogP contribution < -0.4 is 0 Å². The van der Waals surface area contributed by atoms with E-state index < -0.39 is 5.97 Å². The molecule has 0 aliphatic carbocycles. The molecule has 4 heteroatoms. The summed E-state index contributed by atoms with van der Waals surface area (Å²) < 4.78 is 4.48. The molecule has 0 saturated heterocycles. The van der Waals surface area contributed by atoms with Crippen LogP contribution in [0.15, 0.2) is 6.20 Å². The number of carbonyl (C=O) groups excluding carboxylic acids is 1. The second kappa shape index (κ2) is 3.09. The van der Waals surface area contributed by atoms with E-state index in [1.54, 1.807) is 6.92 Å². The SMILES string of the molecule is COC(=O)c1cn[c]nc1C. The van der Waals surface area contributed by atoms with Gasteiger partial charge in [0.2, 0.25) is 0 Å². The van der Waals surface area contributed by atoms with E-state index in [2.05, 4.69) is 21.0 Å². The second-order valence-corrected chi connectivity index (χ2v) is 1.96. The Kier molecular flexibility index (Phi) is 2.15. The average Bonchev–Trinajstić information content (AvgIpc) is 2.04. The fourth-order valence-electron chi connectivity index (χ4n) is 0.661. The Hall–Kier alpha value is -1.45. The van der Waals surface area contributed by atoms with Crippen LogP contribution in [0.25, 0.3) is 0 Å². The largest absolute Gasteiger partial charge is 0.465 e. The van der Waals surface area contributed by atoms with E-state index in [4.69, 9.17) is 0 Å². The van der Waals surface area contributed by atoms with E-state index in [9.17, 15) is 4.79 Å². The van der Waals surface area contributed by atoms with E-state index >= 15 is 0 Å². The van der Waals surface area contributed by atoms with Crippen LogP contribution in [0.3, 0.4) is 0 Å². The zero-order valence-corrected chi connectivity index (χ0v) is 6.29. The minimum Gasteiger partial charge on any atom is -0.465 e. The van der Waals surface area contributed by atoms with Gasteiger partial charge in [-0.05, 0) is 6.92 Å². The van der Waals surface area contributed by atoms with E-state index in [0.29, 0.717) is 11.3 Å². The van der Waals surface area contributed by atoms with Crippen molar-refractivity contribution in [3.05, 3.63) is 23.8 Å². The number of nitrogens with zero attached hydrogens (tertiary/aromatic N) is 2. The number of carbonyl (C=O) groups is 1. The highest BCUT2D eigenvalue weighted by molar-refractivity contribution is 5.89. The smallest absolute Gasteiger partial charge is 0.341 e. The fourth-order valence-corrected chi connectivity index (χ4v) is 0.661. The first-order valence-electron chi connectivity index (χ1n) is 3.03. The van der Waals surface area contributed by atoms with Crippen molar-refractivity contribution in [2.24, 2.45) is 0 Å². The normalized spacial score (nSPS) is 9.27. The maximum absolute atomic E-state index is 10.9. The number of hydrogen-bond acceptors (Lipinski definition) is 4. The number of ether oxygens (including phenoxy) is 1. The van der Waals surface area contributed by atoms with Crippen molar-refractivity contribution in [3.8, 4) is 0 Å². The molecule has 11 heavy (non-hydrogen) atoms. The molecule has 0 unspecified atom stereocenters. The first-order valence-corrected chi connectivity index (χ1v) is 3.03. The molecule has 1 heterocycles. The molecule has 0 saturated carbocycles. The summed E-state index contributed by atoms with van der Waals surface area (Å²) in [6, 6.07) is 0. The molecule has 0 aliphatic heterocycles. The molecule has 1 aromatic heterocycles. The van der Waals surface area contributed by atoms with E-state index in [-0.39, 0.29) is 0 Å². The van der Waals surface area contributed by atoms with Crippen molar-refractivity contribution in [1.29, 1.82) is 0 Å². The zero-order chi connectivity index (χ0) is 8.27. The van der Waals surface area contributed by atoms with Crippen LogP contribution in [-0.4, -0.2) is 23.0 Å². The van der Waals surface area contributed by atoms with Gasteiger partial charge in [0.05, 0.1) is 18.4 Å². The summed E-state index contributed by atoms with van der Waals surface area (Å²) >= 11 is 0. The van der Waals surface area contributed by atoms with Gasteiger partial charge in [0.1, 0.15) is 0 Å². The van der Waals surface area contributed by atoms with Gasteiger partial charge in [0.25, 0.3) is 0 Å². The maximum atomic E-state index is 10.9. The molecule has 57 valence electrons. The first-order chi connectivity index (χ1) is 5.25. The van der Waals surface area contributed by atoms with Crippen molar-refractivity contribution in [3.63, 3.8) is 0 Å². The third-order valence-corrected chi connectivity index (χ3v) is 1.26. The number of aromatic nitrogens is 2. The highest BCUT2D eigenvalue weighted by atomic mass is 16.5. The summed E-state index contributed by atoms with van der Waals surface area (Å²) in [6.45, 7) is 1.70. The van der Waals surface area contributed by atoms with Crippen molar-refractivity contribution >= 4 is 5.97 Å². The van der Waals surface area contributed by atoms with Crippen molar-refractivity contribution in [2.45, 2.75) is 6.92 Å². The maximum Gasteiger partial charge on any atom is 0.341 e. The summed E-state index contributed by atoms with van der Waals surface area (Å²) in [5.41, 5.74) is 0.957. The summed E-state index contributed by atoms with van der Waals surface area (Å²) in [5, 5.41) is 0. The van der Waals surface area contributed by atoms with Crippen LogP contribution in [0, 0.1) is 13.3 Å². The van der Waals surface area contributed by atoms with Gasteiger partial charge in [-0.3, -0.25) is 0 Å². The number of hydrogen-bond donors (Lipinski definition) is 0. The van der Waals surface area contributed by atoms with Gasteiger partial charge in [-0.25, -0.2) is 14.8 Å². The van der Waals surface area contributed by atoms with Crippen LogP contribution >= 0.6 is 0 Å². The fraction of sp³-hybridized carbons (Fsp3) is 0.286. The lowest BCUT2D eigenvalue weighted by atomic mass is 10.2. The summed E-state index contributed by atoms with van der Waals surface area (Å²) in [4.78, 5) is 18.2. The minimum absolute atomic E-state index is 0.381. The third-order valence-electron chi connectivity index (χ3n) is 1.26. The topological polar surface area (TPSA) is 52.1 Å². The van der Waals surface area contributed by atoms with Gasteiger partial charge in [0.15, 0.2) is 6.33 Å². The highest BCUT2D eigenvalue weighted by Crippen LogP contribution is 2.01. The van der Waals surface area contributed by atoms with Crippen LogP contribution in [-0.2, 0) is 4.74 Å². The minimum atomic E-state index is -0.420. The summed E-state index contributed by atoms with van der Waals surface area (Å²) in [7, 11) is 1.32. The highest BCUT2D eigenvalue weighted by Gasteiger charge is 2.08. The molecular weight excluding hydrogens is 144 g/mol. The second-order valence-electron chi connectivity index (χ2n) is 1.96. The lowest BCUT2D eigenvalue weighted by Crippen LogP contribution is -2.05. The van der Waals surface area contributed by atoms with Crippen LogP contribution in [0.2, 0.25) is 0 Å². The van der Waals surface area contributed by atoms with Crippen LogP contribution in [0.1, 0.15) is 16.1 Å². The third kappa shape index (κ3) is 1.52. The molecule has 0 atom stereocenters. The van der Waals surface area contributed by atoms with Crippen LogP contribution in [0.5, 0.6) is 0 Å². The molecule has 0 N–H and O–H groups in total. The van der Waals surface area contributed by atoms with Crippen molar-refractivity contribution < 1.29 is 9.53 Å². The molecule has 0 spiro atoms. The Morgan fingerprint density at radius 2 is 2.45 bits per heavy atom. The monoisotopic (exact) mass is 151 g/mol. The van der Waals surface area contributed by atoms with E-state index in [0.717, 1.165) is 0 Å². The predicted molar refractivity (Wildman–Crippen MR) is 36.9 cm³/mol. The Morgan fingerprint density at radius 1 is 1.73 bits per heavy atom. The molecule has 0 aromatic carbocycles. The van der Waals surface area contributed by atoms with Gasteiger partial charge >= 0.3 is 5.97 Å². The van der Waals surface area contributed by atoms with Crippen molar-refractivity contribution in [1.82, 2.24) is 9.97 Å². The van der Waals surface area contributed by atoms with Crippen molar-refractivity contribution in [2.75, 3.05) is 7.11 Å². The van der Waals surface area contributed by atoms with E-state index in [1.807, 2.05) is 0 Å². The van der Waals surface area contributed by atoms with Gasteiger partial charge in [0, 0.05) is 6.20 Å². The molecule has 1 radical (unpaired) electrons. The Labute approximate surface area is 64.2 Å². The Balaban J connectivity index is 3.03. The lowest BCUT2D eigenvalue weighted by molar-refractivity contribution is 0.0599. The van der Waals surface area contributed by atoms with E-state index in [1.165, 1.54) is 13.3 Å². The first kappa shape index (κ1) is 7.65. The number of esters is 1. The molecule has 0 fully saturated rings. The Bertz CT molecular complexity index is 273. The standard InChI is InChI=1S/C7H7N2O2/c1-5-6(7(10)11-2)3-8-4-9-5/h3H,1-2H3. The molecule has 1 aromatic rings. The molecule has 4 nitrogen and oxygen atoms in total. The molecule has 1 rings (SSSR count). The van der Waals surface area contributed by atoms with Crippen LogP contribution in [0.4, 0.5) is 0 Å². The Morgan fingerprint density at radius 3 is 3.00 bits per heavy atom. The summed E-state index contributed by atoms with van der Waals surface area (Å²) in [6.07, 6.45) is 3.76. The molecular formula is C7H7N2O2. The van der Waals surface area contributed by atoms with Gasteiger partial charge < -0.3 is 4.74 Å². The summed E-state index contributed by atoms with van der Waals surface area (Å²) in [5.74, 6) is -0.420. The van der Waals surface area contributed by atoms with Gasteiger partial charge in [-0.2, -0.15) is 0 Å². The van der Waals surface area contributed by atoms with Gasteiger partial charge in [-0.15, -0.1) is 0 Å². The number of methoxy groups -OCH3 is 1. The molecule has 0 bridgehead atoms. The average molecular weight is 151 g/mol. The predicted octanol–water partition coefficient (Wildman–Crippen LogP) is 0.372. The molecule has 0 aliphatic rings. The zero-order valence-electron chi connectivity index (χ0n) is 6.29. The number of aryl methyl sites for hydroxylation is 1. The quantitative estimate of drug-likeness (QED) is 0.544. The van der Waals surface area contributed by atoms with Gasteiger partial charge in [-0.1, -0.05) is 0 Å². The molecule has 0 amide bonds.